The van der Waals surface area contributed by atoms with Gasteiger partial charge in [-0.05, 0) is 229 Å². The first kappa shape index (κ1) is 132. The molecule has 2 radical (unpaired) electrons. The first-order valence-corrected chi connectivity index (χ1v) is 45.1. The quantitative estimate of drug-likeness (QED) is 0.0268. The molecule has 0 amide bonds. The number of hydrogen-bond acceptors (Lipinski definition) is 6. The molecule has 6 N–H and O–H groups in total. The summed E-state index contributed by atoms with van der Waals surface area (Å²) in [5.41, 5.74) is 0. The molecule has 0 spiro atoms. The number of nitrogens with one attached hydrogen (secondary N) is 6. The Labute approximate surface area is 852 Å². The Balaban J connectivity index is -0.000000196. The molecule has 0 aliphatic rings. The topological polar surface area (TPSA) is 72.2 Å². The van der Waals surface area contributed by atoms with Crippen LogP contribution in [0.3, 0.4) is 0 Å². The number of rotatable bonds is 24. The molecular weight excluding hydrogens is 2340 g/mol. The molecule has 0 heterocycles. The van der Waals surface area contributed by atoms with E-state index in [1.54, 1.807) is 0 Å². The van der Waals surface area contributed by atoms with E-state index in [4.69, 9.17) is 0 Å². The van der Waals surface area contributed by atoms with Crippen LogP contribution in [0, 0.1) is 0 Å². The summed E-state index contributed by atoms with van der Waals surface area (Å²) in [5.74, 6) is 0. The van der Waals surface area contributed by atoms with E-state index >= 15 is 0 Å². The van der Waals surface area contributed by atoms with Gasteiger partial charge in [0.2, 0.25) is 0 Å². The Morgan fingerprint density at radius 3 is 0.250 bits per heavy atom. The van der Waals surface area contributed by atoms with Gasteiger partial charge in [0.1, 0.15) is 112 Å². The van der Waals surface area contributed by atoms with E-state index in [0.717, 1.165) is 0 Å². The van der Waals surface area contributed by atoms with Crippen molar-refractivity contribution in [3.63, 3.8) is 0 Å². The van der Waals surface area contributed by atoms with Crippen LogP contribution in [0.1, 0.15) is 83.1 Å². The smallest absolute Gasteiger partial charge is 2.00 e. The summed E-state index contributed by atoms with van der Waals surface area (Å²) in [6, 6.07) is 132. The van der Waals surface area contributed by atoms with Crippen LogP contribution in [-0.4, -0.2) is 173 Å². The second kappa shape index (κ2) is 78.6. The third kappa shape index (κ3) is 51.7. The average Bonchev–Trinajstić information content (AvgIpc) is 0.887. The fourth-order valence-electron chi connectivity index (χ4n) is 11.0. The third-order valence-corrected chi connectivity index (χ3v) is 31.5. The van der Waals surface area contributed by atoms with Gasteiger partial charge in [-0.2, -0.15) is 30.5 Å². The summed E-state index contributed by atoms with van der Waals surface area (Å²) < 4.78 is 0. The van der Waals surface area contributed by atoms with Crippen LogP contribution >= 0.6 is 48.4 Å². The first-order chi connectivity index (χ1) is 49.6. The van der Waals surface area contributed by atoms with Crippen LogP contribution in [0.2, 0.25) is 0 Å². The second-order valence-electron chi connectivity index (χ2n) is 26.4. The zero-order valence-corrected chi connectivity index (χ0v) is 93.3. The zero-order valence-electron chi connectivity index (χ0n) is 67.4. The van der Waals surface area contributed by atoms with Gasteiger partial charge >= 0.3 is 101 Å². The summed E-state index contributed by atoms with van der Waals surface area (Å²) in [4.78, 5) is 0. The Kier molecular flexibility index (Phi) is 89.3. The average molecular weight is 2450 g/mol. The predicted molar refractivity (Wildman–Crippen MR) is 518 cm³/mol. The van der Waals surface area contributed by atoms with Crippen LogP contribution in [0.5, 0.6) is 0 Å². The summed E-state index contributed by atoms with van der Waals surface area (Å²) in [6.07, 6.45) is 0. The van der Waals surface area contributed by atoms with Gasteiger partial charge in [0.05, 0.1) is 0 Å². The van der Waals surface area contributed by atoms with Gasteiger partial charge in [-0.3, -0.25) is 0 Å². The van der Waals surface area contributed by atoms with Gasteiger partial charge in [0.15, 0.2) is 0 Å². The molecule has 6 nitrogen and oxygen atoms in total. The number of benzene rings is 12. The molecule has 0 bridgehead atoms. The Hall–Kier alpha value is 0.175. The van der Waals surface area contributed by atoms with Crippen molar-refractivity contribution in [2.75, 3.05) is 0 Å². The normalized spacial score (nSPS) is 9.72. The van der Waals surface area contributed by atoms with Gasteiger partial charge in [0, 0.05) is 36.3 Å². The standard InChI is InChI=1S/6C15H18NP.6Co.8Se/c6*1-13(2)16-17(14-9-5-3-6-10-14)15-11-7-4-8-12-15;;;;;;;;;;;;;;/h6*3-13,16H,1-2H3;;;;;;;;;;;;;;/q;;;;;;2*+2;4*+3;8*-2/p+6. The molecule has 0 atom stereocenters. The van der Waals surface area contributed by atoms with Gasteiger partial charge < -0.3 is 137 Å². The maximum absolute atomic E-state index is 3.71. The van der Waals surface area contributed by atoms with E-state index in [1.165, 1.54) is 63.7 Å². The SMILES string of the molecule is CC(C)N[PH+](c1ccccc1)c1ccccc1.CC(C)N[PH+](c1ccccc1)c1ccccc1.CC(C)N[PH+](c1ccccc1)c1ccccc1.CC(C)N[PH+](c1ccccc1)c1ccccc1.CC(C)N[PH+](c1ccccc1)c1ccccc1.CC(C)N[PH+](c1ccccc1)c1ccccc1.[Co+2].[Co+2].[Co+3].[Co+3].[Co+3].[Co+3].[Se-2].[Se-2].[Se-2].[Se-2].[Se-2].[Se-2].[Se-2].[Se-2]. The molecule has 0 aliphatic heterocycles. The fraction of sp³-hybridized carbons (Fsp3) is 0.200. The van der Waals surface area contributed by atoms with Gasteiger partial charge in [-0.1, -0.05) is 218 Å². The van der Waals surface area contributed by atoms with Crippen LogP contribution in [0.25, 0.3) is 0 Å². The van der Waals surface area contributed by atoms with E-state index in [-0.39, 0.29) is 237 Å². The van der Waals surface area contributed by atoms with E-state index in [2.05, 4.69) is 478 Å². The Bertz CT molecular complexity index is 3160. The van der Waals surface area contributed by atoms with E-state index in [0.29, 0.717) is 36.3 Å². The summed E-state index contributed by atoms with van der Waals surface area (Å²) in [5, 5.41) is 39.3. The van der Waals surface area contributed by atoms with Crippen molar-refractivity contribution in [1.82, 2.24) is 30.5 Å². The molecule has 0 saturated heterocycles. The Morgan fingerprint density at radius 1 is 0.138 bits per heavy atom. The van der Waals surface area contributed by atoms with Crippen molar-refractivity contribution in [1.29, 1.82) is 0 Å². The van der Waals surface area contributed by atoms with Gasteiger partial charge in [0.25, 0.3) is 0 Å². The molecule has 12 aromatic rings. The van der Waals surface area contributed by atoms with Crippen LogP contribution in [0.15, 0.2) is 364 Å². The van der Waals surface area contributed by atoms with Crippen LogP contribution < -0.4 is 94.2 Å². The van der Waals surface area contributed by atoms with Crippen molar-refractivity contribution < 1.29 is 101 Å². The summed E-state index contributed by atoms with van der Waals surface area (Å²) >= 11 is 0. The minimum atomic E-state index is -0.849. The van der Waals surface area contributed by atoms with E-state index in [1.807, 2.05) is 0 Å². The van der Waals surface area contributed by atoms with Gasteiger partial charge in [-0.25, -0.2) is 0 Å². The first-order valence-electron chi connectivity index (χ1n) is 36.1. The van der Waals surface area contributed by atoms with Crippen molar-refractivity contribution in [2.24, 2.45) is 0 Å². The molecule has 26 heteroatoms. The second-order valence-corrected chi connectivity index (χ2v) is 39.6. The largest absolute Gasteiger partial charge is 3.00 e. The van der Waals surface area contributed by atoms with Crippen LogP contribution in [-0.2, 0) is 101 Å². The maximum atomic E-state index is 3.71. The molecule has 0 fully saturated rings. The van der Waals surface area contributed by atoms with Gasteiger partial charge in [-0.15, -0.1) is 0 Å². The molecule has 630 valence electrons. The van der Waals surface area contributed by atoms with E-state index < -0.39 is 48.4 Å². The molecule has 0 aliphatic carbocycles. The monoisotopic (exact) mass is 2460 g/mol. The molecule has 12 aromatic carbocycles. The Morgan fingerprint density at radius 2 is 0.198 bits per heavy atom. The minimum absolute atomic E-state index is 0. The van der Waals surface area contributed by atoms with Crippen molar-refractivity contribution >= 4 is 249 Å². The van der Waals surface area contributed by atoms with Crippen molar-refractivity contribution in [2.45, 2.75) is 119 Å². The van der Waals surface area contributed by atoms with Crippen molar-refractivity contribution in [3.8, 4) is 0 Å². The molecule has 116 heavy (non-hydrogen) atoms. The molecule has 0 saturated carbocycles. The fourth-order valence-corrected chi connectivity index (χ4v) is 24.8. The van der Waals surface area contributed by atoms with Crippen LogP contribution in [0.4, 0.5) is 0 Å². The summed E-state index contributed by atoms with van der Waals surface area (Å²) in [6.45, 7) is 26.5. The molecule has 12 rings (SSSR count). The van der Waals surface area contributed by atoms with E-state index in [9.17, 15) is 0 Å². The molecule has 0 unspecified atom stereocenters. The predicted octanol–water partition coefficient (Wildman–Crippen LogP) is 13.5. The summed E-state index contributed by atoms with van der Waals surface area (Å²) in [7, 11) is -5.10. The maximum Gasteiger partial charge on any atom is 3.00 e. The zero-order chi connectivity index (χ0) is 72.5. The minimum Gasteiger partial charge on any atom is -2.00 e. The number of hydrogen-bond donors (Lipinski definition) is 6. The third-order valence-electron chi connectivity index (χ3n) is 15.3. The molecular formula is C90H114Co6N6P6Se8+6. The van der Waals surface area contributed by atoms with Crippen molar-refractivity contribution in [3.05, 3.63) is 364 Å². The molecule has 0 aromatic heterocycles.